The Bertz CT molecular complexity index is 468. The first-order valence-electron chi connectivity index (χ1n) is 5.20. The minimum absolute atomic E-state index is 0.243. The molecule has 2 rings (SSSR count). The summed E-state index contributed by atoms with van der Waals surface area (Å²) in [5.41, 5.74) is 6.60. The molecular formula is C11H13N5O. The number of amides is 1. The van der Waals surface area contributed by atoms with Gasteiger partial charge in [-0.15, -0.1) is 0 Å². The van der Waals surface area contributed by atoms with Gasteiger partial charge in [0.1, 0.15) is 18.2 Å². The minimum Gasteiger partial charge on any atom is -0.347 e. The summed E-state index contributed by atoms with van der Waals surface area (Å²) >= 11 is 0. The fraction of sp³-hybridized carbons (Fsp3) is 0.182. The van der Waals surface area contributed by atoms with Crippen molar-refractivity contribution in [1.29, 1.82) is 0 Å². The Labute approximate surface area is 98.3 Å². The van der Waals surface area contributed by atoms with Crippen molar-refractivity contribution in [3.05, 3.63) is 48.0 Å². The maximum absolute atomic E-state index is 11.7. The van der Waals surface area contributed by atoms with E-state index in [9.17, 15) is 4.79 Å². The standard InChI is InChI=1S/C11H13N5O/c12-10(8-4-2-1-3-5-8)11(17)13-6-9-14-7-15-16-9/h1-5,7,10H,6,12H2,(H,13,17)(H,14,15,16). The van der Waals surface area contributed by atoms with E-state index in [1.165, 1.54) is 6.33 Å². The molecule has 88 valence electrons. The van der Waals surface area contributed by atoms with Crippen molar-refractivity contribution in [2.45, 2.75) is 12.6 Å². The van der Waals surface area contributed by atoms with Gasteiger partial charge in [0.25, 0.3) is 0 Å². The molecule has 1 heterocycles. The molecule has 0 radical (unpaired) electrons. The van der Waals surface area contributed by atoms with Crippen LogP contribution in [0, 0.1) is 0 Å². The second-order valence-electron chi connectivity index (χ2n) is 3.54. The van der Waals surface area contributed by atoms with Crippen molar-refractivity contribution in [3.8, 4) is 0 Å². The van der Waals surface area contributed by atoms with Crippen molar-refractivity contribution in [2.75, 3.05) is 0 Å². The molecule has 0 spiro atoms. The first kappa shape index (κ1) is 11.3. The first-order chi connectivity index (χ1) is 8.27. The first-order valence-corrected chi connectivity index (χ1v) is 5.20. The van der Waals surface area contributed by atoms with E-state index in [4.69, 9.17) is 5.73 Å². The SMILES string of the molecule is NC(C(=O)NCc1ncn[nH]1)c1ccccc1. The summed E-state index contributed by atoms with van der Waals surface area (Å²) in [5.74, 6) is 0.353. The largest absolute Gasteiger partial charge is 0.347 e. The Morgan fingerprint density at radius 2 is 2.18 bits per heavy atom. The van der Waals surface area contributed by atoms with Crippen LogP contribution < -0.4 is 11.1 Å². The molecule has 0 aliphatic rings. The van der Waals surface area contributed by atoms with Gasteiger partial charge in [0, 0.05) is 0 Å². The topological polar surface area (TPSA) is 96.7 Å². The third kappa shape index (κ3) is 2.88. The number of benzene rings is 1. The van der Waals surface area contributed by atoms with Gasteiger partial charge in [-0.2, -0.15) is 5.10 Å². The maximum atomic E-state index is 11.7. The van der Waals surface area contributed by atoms with Gasteiger partial charge in [0.15, 0.2) is 0 Å². The quantitative estimate of drug-likeness (QED) is 0.696. The number of nitrogens with two attached hydrogens (primary N) is 1. The van der Waals surface area contributed by atoms with Crippen molar-refractivity contribution in [3.63, 3.8) is 0 Å². The Hall–Kier alpha value is -2.21. The van der Waals surface area contributed by atoms with Gasteiger partial charge in [0.05, 0.1) is 6.54 Å². The van der Waals surface area contributed by atoms with Crippen molar-refractivity contribution >= 4 is 5.91 Å². The lowest BCUT2D eigenvalue weighted by Gasteiger charge is -2.11. The highest BCUT2D eigenvalue weighted by molar-refractivity contribution is 5.82. The monoisotopic (exact) mass is 231 g/mol. The molecule has 0 saturated heterocycles. The number of nitrogens with one attached hydrogen (secondary N) is 2. The van der Waals surface area contributed by atoms with E-state index in [1.54, 1.807) is 0 Å². The molecule has 0 fully saturated rings. The number of nitrogens with zero attached hydrogens (tertiary/aromatic N) is 2. The number of hydrogen-bond donors (Lipinski definition) is 3. The molecule has 1 aromatic heterocycles. The van der Waals surface area contributed by atoms with Crippen LogP contribution >= 0.6 is 0 Å². The fourth-order valence-corrected chi connectivity index (χ4v) is 1.41. The zero-order valence-corrected chi connectivity index (χ0v) is 9.13. The Morgan fingerprint density at radius 1 is 1.41 bits per heavy atom. The van der Waals surface area contributed by atoms with Crippen molar-refractivity contribution in [2.24, 2.45) is 5.73 Å². The summed E-state index contributed by atoms with van der Waals surface area (Å²) in [6.07, 6.45) is 1.39. The lowest BCUT2D eigenvalue weighted by Crippen LogP contribution is -2.33. The molecule has 2 aromatic rings. The van der Waals surface area contributed by atoms with Crippen LogP contribution in [0.3, 0.4) is 0 Å². The van der Waals surface area contributed by atoms with E-state index >= 15 is 0 Å². The Balaban J connectivity index is 1.92. The Kier molecular flexibility index (Phi) is 3.46. The van der Waals surface area contributed by atoms with Gasteiger partial charge < -0.3 is 11.1 Å². The van der Waals surface area contributed by atoms with Crippen molar-refractivity contribution in [1.82, 2.24) is 20.5 Å². The molecule has 1 amide bonds. The highest BCUT2D eigenvalue weighted by atomic mass is 16.2. The molecule has 6 heteroatoms. The van der Waals surface area contributed by atoms with E-state index in [0.717, 1.165) is 5.56 Å². The van der Waals surface area contributed by atoms with Gasteiger partial charge in [0.2, 0.25) is 5.91 Å². The van der Waals surface area contributed by atoms with Crippen LogP contribution in [-0.2, 0) is 11.3 Å². The van der Waals surface area contributed by atoms with Gasteiger partial charge in [-0.25, -0.2) is 4.98 Å². The molecule has 1 atom stereocenters. The lowest BCUT2D eigenvalue weighted by molar-refractivity contribution is -0.122. The third-order valence-corrected chi connectivity index (χ3v) is 2.34. The number of aromatic amines is 1. The second kappa shape index (κ2) is 5.22. The van der Waals surface area contributed by atoms with Gasteiger partial charge in [-0.3, -0.25) is 9.89 Å². The summed E-state index contributed by atoms with van der Waals surface area (Å²) < 4.78 is 0. The minimum atomic E-state index is -0.667. The summed E-state index contributed by atoms with van der Waals surface area (Å²) in [4.78, 5) is 15.6. The van der Waals surface area contributed by atoms with Gasteiger partial charge in [-0.1, -0.05) is 30.3 Å². The Morgan fingerprint density at radius 3 is 2.82 bits per heavy atom. The van der Waals surface area contributed by atoms with Crippen LogP contribution in [0.25, 0.3) is 0 Å². The van der Waals surface area contributed by atoms with Crippen molar-refractivity contribution < 1.29 is 4.79 Å². The van der Waals surface area contributed by atoms with E-state index in [1.807, 2.05) is 30.3 Å². The molecule has 4 N–H and O–H groups in total. The molecule has 1 aromatic carbocycles. The van der Waals surface area contributed by atoms with E-state index in [-0.39, 0.29) is 5.91 Å². The predicted octanol–water partition coefficient (Wildman–Crippen LogP) is 0.121. The molecule has 0 aliphatic heterocycles. The number of rotatable bonds is 4. The predicted molar refractivity (Wildman–Crippen MR) is 61.6 cm³/mol. The molecule has 1 unspecified atom stereocenters. The number of carbonyl (C=O) groups excluding carboxylic acids is 1. The van der Waals surface area contributed by atoms with E-state index in [2.05, 4.69) is 20.5 Å². The summed E-state index contributed by atoms with van der Waals surface area (Å²) in [6.45, 7) is 0.291. The van der Waals surface area contributed by atoms with E-state index in [0.29, 0.717) is 12.4 Å². The number of aromatic nitrogens is 3. The average Bonchev–Trinajstić information content (AvgIpc) is 2.89. The zero-order valence-electron chi connectivity index (χ0n) is 9.13. The number of carbonyl (C=O) groups is 1. The molecule has 0 saturated carbocycles. The third-order valence-electron chi connectivity index (χ3n) is 2.34. The van der Waals surface area contributed by atoms with Crippen LogP contribution in [0.1, 0.15) is 17.4 Å². The number of H-pyrrole nitrogens is 1. The van der Waals surface area contributed by atoms with Crippen LogP contribution in [0.4, 0.5) is 0 Å². The van der Waals surface area contributed by atoms with Crippen LogP contribution in [-0.4, -0.2) is 21.1 Å². The second-order valence-corrected chi connectivity index (χ2v) is 3.54. The zero-order chi connectivity index (χ0) is 12.1. The lowest BCUT2D eigenvalue weighted by atomic mass is 10.1. The smallest absolute Gasteiger partial charge is 0.241 e. The normalized spacial score (nSPS) is 12.1. The van der Waals surface area contributed by atoms with Gasteiger partial charge in [-0.05, 0) is 5.56 Å². The number of hydrogen-bond acceptors (Lipinski definition) is 4. The highest BCUT2D eigenvalue weighted by Crippen LogP contribution is 2.09. The molecule has 0 aliphatic carbocycles. The average molecular weight is 231 g/mol. The summed E-state index contributed by atoms with van der Waals surface area (Å²) in [7, 11) is 0. The molecule has 17 heavy (non-hydrogen) atoms. The van der Waals surface area contributed by atoms with Crippen LogP contribution in [0.15, 0.2) is 36.7 Å². The highest BCUT2D eigenvalue weighted by Gasteiger charge is 2.14. The van der Waals surface area contributed by atoms with E-state index < -0.39 is 6.04 Å². The molecule has 6 nitrogen and oxygen atoms in total. The maximum Gasteiger partial charge on any atom is 0.241 e. The summed E-state index contributed by atoms with van der Waals surface area (Å²) in [5, 5.41) is 9.02. The van der Waals surface area contributed by atoms with Crippen LogP contribution in [0.5, 0.6) is 0 Å². The summed E-state index contributed by atoms with van der Waals surface area (Å²) in [6, 6.07) is 8.54. The van der Waals surface area contributed by atoms with Gasteiger partial charge >= 0.3 is 0 Å². The molecule has 0 bridgehead atoms. The molecular weight excluding hydrogens is 218 g/mol. The fourth-order valence-electron chi connectivity index (χ4n) is 1.41. The van der Waals surface area contributed by atoms with Crippen LogP contribution in [0.2, 0.25) is 0 Å².